The van der Waals surface area contributed by atoms with Crippen LogP contribution < -0.4 is 0 Å². The van der Waals surface area contributed by atoms with Crippen LogP contribution in [0.4, 0.5) is 0 Å². The minimum absolute atomic E-state index is 0.923. The lowest BCUT2D eigenvalue weighted by Gasteiger charge is -2.32. The summed E-state index contributed by atoms with van der Waals surface area (Å²) >= 11 is 0. The fraction of sp³-hybridized carbons (Fsp3) is 0.591. The van der Waals surface area contributed by atoms with Crippen LogP contribution in [0.3, 0.4) is 0 Å². The molecule has 2 aliphatic rings. The van der Waals surface area contributed by atoms with Crippen molar-refractivity contribution >= 4 is 0 Å². The molecule has 1 saturated carbocycles. The Hall–Kier alpha value is -1.61. The molecule has 134 valence electrons. The second kappa shape index (κ2) is 7.74. The minimum Gasteiger partial charge on any atom is -0.327 e. The van der Waals surface area contributed by atoms with Crippen LogP contribution in [0.1, 0.15) is 56.8 Å². The molecule has 1 fully saturated rings. The molecule has 0 N–H and O–H groups in total. The van der Waals surface area contributed by atoms with E-state index < -0.39 is 0 Å². The quantitative estimate of drug-likeness (QED) is 0.774. The largest absolute Gasteiger partial charge is 0.327 e. The zero-order valence-electron chi connectivity index (χ0n) is 15.6. The van der Waals surface area contributed by atoms with Crippen LogP contribution in [0.2, 0.25) is 0 Å². The van der Waals surface area contributed by atoms with Gasteiger partial charge in [-0.05, 0) is 25.2 Å². The Balaban J connectivity index is 1.57. The van der Waals surface area contributed by atoms with Crippen LogP contribution in [0.5, 0.6) is 0 Å². The van der Waals surface area contributed by atoms with E-state index >= 15 is 0 Å². The van der Waals surface area contributed by atoms with Crippen LogP contribution in [0.15, 0.2) is 30.3 Å². The summed E-state index contributed by atoms with van der Waals surface area (Å²) in [4.78, 5) is 7.75. The zero-order valence-corrected chi connectivity index (χ0v) is 15.6. The van der Waals surface area contributed by atoms with Gasteiger partial charge in [0, 0.05) is 38.2 Å². The summed E-state index contributed by atoms with van der Waals surface area (Å²) in [6.45, 7) is 6.90. The van der Waals surface area contributed by atoms with Gasteiger partial charge < -0.3 is 4.57 Å². The maximum atomic E-state index is 5.06. The lowest BCUT2D eigenvalue weighted by atomic mass is 9.88. The van der Waals surface area contributed by atoms with Gasteiger partial charge in [0.2, 0.25) is 0 Å². The number of fused-ring (bicyclic) bond motifs is 1. The molecular formula is C22H31N3. The van der Waals surface area contributed by atoms with Crippen molar-refractivity contribution in [2.24, 2.45) is 5.92 Å². The van der Waals surface area contributed by atoms with E-state index in [0.717, 1.165) is 31.8 Å². The summed E-state index contributed by atoms with van der Waals surface area (Å²) < 4.78 is 2.50. The van der Waals surface area contributed by atoms with Crippen molar-refractivity contribution in [2.45, 2.75) is 65.0 Å². The Morgan fingerprint density at radius 3 is 2.64 bits per heavy atom. The number of rotatable bonds is 5. The summed E-state index contributed by atoms with van der Waals surface area (Å²) in [6.07, 6.45) is 9.47. The van der Waals surface area contributed by atoms with E-state index in [0.29, 0.717) is 0 Å². The first kappa shape index (κ1) is 16.8. The van der Waals surface area contributed by atoms with Crippen molar-refractivity contribution in [3.63, 3.8) is 0 Å². The molecule has 1 aromatic heterocycles. The number of hydrogen-bond donors (Lipinski definition) is 0. The second-order valence-electron chi connectivity index (χ2n) is 7.84. The van der Waals surface area contributed by atoms with Crippen LogP contribution in [0, 0.1) is 5.92 Å². The first-order valence-electron chi connectivity index (χ1n) is 10.2. The smallest absolute Gasteiger partial charge is 0.140 e. The molecule has 2 heterocycles. The number of benzene rings is 1. The molecule has 2 aromatic rings. The zero-order chi connectivity index (χ0) is 17.1. The van der Waals surface area contributed by atoms with Crippen molar-refractivity contribution in [2.75, 3.05) is 13.1 Å². The Kier molecular flexibility index (Phi) is 5.21. The molecule has 4 rings (SSSR count). The third-order valence-electron chi connectivity index (χ3n) is 5.91. The van der Waals surface area contributed by atoms with E-state index in [2.05, 4.69) is 46.7 Å². The van der Waals surface area contributed by atoms with Gasteiger partial charge in [-0.3, -0.25) is 4.90 Å². The molecule has 3 nitrogen and oxygen atoms in total. The van der Waals surface area contributed by atoms with Gasteiger partial charge in [0.15, 0.2) is 0 Å². The normalized spacial score (nSPS) is 19.1. The van der Waals surface area contributed by atoms with Crippen LogP contribution in [-0.2, 0) is 19.5 Å². The highest BCUT2D eigenvalue weighted by molar-refractivity contribution is 5.57. The van der Waals surface area contributed by atoms with Crippen molar-refractivity contribution < 1.29 is 0 Å². The average molecular weight is 338 g/mol. The molecule has 1 aliphatic carbocycles. The SMILES string of the molecule is CCCn1c(-c2ccccc2)nc2c1CN(CC1CCCCC1)CC2. The van der Waals surface area contributed by atoms with Crippen LogP contribution >= 0.6 is 0 Å². The standard InChI is InChI=1S/C22H31N3/c1-2-14-25-21-17-24(16-18-9-5-3-6-10-18)15-13-20(21)23-22(25)19-11-7-4-8-12-19/h4,7-8,11-12,18H,2-3,5-6,9-10,13-17H2,1H3. The van der Waals surface area contributed by atoms with Crippen LogP contribution in [0.25, 0.3) is 11.4 Å². The van der Waals surface area contributed by atoms with E-state index in [1.54, 1.807) is 0 Å². The van der Waals surface area contributed by atoms with Gasteiger partial charge in [-0.15, -0.1) is 0 Å². The predicted octanol–water partition coefficient (Wildman–Crippen LogP) is 4.90. The molecule has 0 saturated heterocycles. The fourth-order valence-electron chi connectivity index (χ4n) is 4.63. The average Bonchev–Trinajstić information content (AvgIpc) is 3.02. The lowest BCUT2D eigenvalue weighted by molar-refractivity contribution is 0.182. The Labute approximate surface area is 152 Å². The maximum absolute atomic E-state index is 5.06. The molecular weight excluding hydrogens is 306 g/mol. The lowest BCUT2D eigenvalue weighted by Crippen LogP contribution is -2.36. The minimum atomic E-state index is 0.923. The van der Waals surface area contributed by atoms with E-state index in [-0.39, 0.29) is 0 Å². The highest BCUT2D eigenvalue weighted by Crippen LogP contribution is 2.29. The van der Waals surface area contributed by atoms with E-state index in [4.69, 9.17) is 4.98 Å². The number of hydrogen-bond acceptors (Lipinski definition) is 2. The molecule has 0 unspecified atom stereocenters. The van der Waals surface area contributed by atoms with Gasteiger partial charge in [0.05, 0.1) is 11.4 Å². The van der Waals surface area contributed by atoms with Crippen molar-refractivity contribution in [3.8, 4) is 11.4 Å². The van der Waals surface area contributed by atoms with Gasteiger partial charge in [-0.25, -0.2) is 4.98 Å². The summed E-state index contributed by atoms with van der Waals surface area (Å²) in [5.41, 5.74) is 4.07. The Bertz CT molecular complexity index is 683. The first-order chi connectivity index (χ1) is 12.3. The van der Waals surface area contributed by atoms with E-state index in [1.807, 2.05) is 0 Å². The molecule has 3 heteroatoms. The summed E-state index contributed by atoms with van der Waals surface area (Å²) in [5, 5.41) is 0. The molecule has 1 aliphatic heterocycles. The second-order valence-corrected chi connectivity index (χ2v) is 7.84. The highest BCUT2D eigenvalue weighted by Gasteiger charge is 2.26. The van der Waals surface area contributed by atoms with Gasteiger partial charge in [-0.2, -0.15) is 0 Å². The summed E-state index contributed by atoms with van der Waals surface area (Å²) in [5.74, 6) is 2.10. The molecule has 0 bridgehead atoms. The van der Waals surface area contributed by atoms with Gasteiger partial charge in [-0.1, -0.05) is 56.5 Å². The van der Waals surface area contributed by atoms with Crippen molar-refractivity contribution in [1.82, 2.24) is 14.5 Å². The van der Waals surface area contributed by atoms with Gasteiger partial charge >= 0.3 is 0 Å². The summed E-state index contributed by atoms with van der Waals surface area (Å²) in [7, 11) is 0. The number of imidazole rings is 1. The molecule has 0 amide bonds. The third-order valence-corrected chi connectivity index (χ3v) is 5.91. The highest BCUT2D eigenvalue weighted by atomic mass is 15.2. The third kappa shape index (κ3) is 3.67. The van der Waals surface area contributed by atoms with E-state index in [9.17, 15) is 0 Å². The van der Waals surface area contributed by atoms with Gasteiger partial charge in [0.1, 0.15) is 5.82 Å². The fourth-order valence-corrected chi connectivity index (χ4v) is 4.63. The Morgan fingerprint density at radius 2 is 1.88 bits per heavy atom. The predicted molar refractivity (Wildman–Crippen MR) is 104 cm³/mol. The topological polar surface area (TPSA) is 21.1 Å². The molecule has 1 aromatic carbocycles. The monoisotopic (exact) mass is 337 g/mol. The maximum Gasteiger partial charge on any atom is 0.140 e. The number of nitrogens with zero attached hydrogens (tertiary/aromatic N) is 3. The van der Waals surface area contributed by atoms with E-state index in [1.165, 1.54) is 68.0 Å². The molecule has 0 radical (unpaired) electrons. The Morgan fingerprint density at radius 1 is 1.08 bits per heavy atom. The first-order valence-corrected chi connectivity index (χ1v) is 10.2. The number of aromatic nitrogens is 2. The van der Waals surface area contributed by atoms with Crippen molar-refractivity contribution in [1.29, 1.82) is 0 Å². The molecule has 0 spiro atoms. The van der Waals surface area contributed by atoms with Gasteiger partial charge in [0.25, 0.3) is 0 Å². The van der Waals surface area contributed by atoms with Crippen molar-refractivity contribution in [3.05, 3.63) is 41.7 Å². The summed E-state index contributed by atoms with van der Waals surface area (Å²) in [6, 6.07) is 10.7. The molecule has 0 atom stereocenters. The molecule has 25 heavy (non-hydrogen) atoms. The van der Waals surface area contributed by atoms with Crippen LogP contribution in [-0.4, -0.2) is 27.5 Å².